The Bertz CT molecular complexity index is 661. The first-order chi connectivity index (χ1) is 11.2. The predicted molar refractivity (Wildman–Crippen MR) is 91.0 cm³/mol. The van der Waals surface area contributed by atoms with Crippen molar-refractivity contribution in [2.24, 2.45) is 0 Å². The van der Waals surface area contributed by atoms with E-state index in [0.717, 1.165) is 44.2 Å². The zero-order chi connectivity index (χ0) is 16.2. The predicted octanol–water partition coefficient (Wildman–Crippen LogP) is 0.858. The number of benzene rings is 1. The number of phenolic OH excluding ortho intramolecular Hbond substituents is 1. The number of ether oxygens (including phenoxy) is 1. The lowest BCUT2D eigenvalue weighted by Gasteiger charge is -2.32. The number of nitrogens with zero attached hydrogens (tertiary/aromatic N) is 3. The molecule has 0 radical (unpaired) electrons. The van der Waals surface area contributed by atoms with Gasteiger partial charge in [-0.1, -0.05) is 0 Å². The molecular formula is C16H20BrN4O2+. The smallest absolute Gasteiger partial charge is 0.225 e. The van der Waals surface area contributed by atoms with Gasteiger partial charge in [0.15, 0.2) is 11.5 Å². The van der Waals surface area contributed by atoms with Crippen LogP contribution in [0.4, 0.5) is 5.95 Å². The summed E-state index contributed by atoms with van der Waals surface area (Å²) >= 11 is 3.38. The van der Waals surface area contributed by atoms with Crippen molar-refractivity contribution in [2.45, 2.75) is 6.54 Å². The number of methoxy groups -OCH3 is 1. The Morgan fingerprint density at radius 1 is 1.26 bits per heavy atom. The molecule has 2 N–H and O–H groups in total. The third-order valence-electron chi connectivity index (χ3n) is 4.07. The lowest BCUT2D eigenvalue weighted by atomic mass is 10.1. The van der Waals surface area contributed by atoms with E-state index in [1.807, 2.05) is 18.2 Å². The van der Waals surface area contributed by atoms with Crippen molar-refractivity contribution < 1.29 is 14.7 Å². The number of aromatic hydroxyl groups is 1. The van der Waals surface area contributed by atoms with Gasteiger partial charge in [-0.2, -0.15) is 0 Å². The van der Waals surface area contributed by atoms with Crippen LogP contribution in [0.15, 0.2) is 35.1 Å². The van der Waals surface area contributed by atoms with Crippen LogP contribution in [0.1, 0.15) is 5.56 Å². The van der Waals surface area contributed by atoms with Crippen LogP contribution in [0.2, 0.25) is 0 Å². The molecule has 1 aromatic carbocycles. The Hall–Kier alpha value is -1.86. The molecule has 2 heterocycles. The normalized spacial score (nSPS) is 15.7. The highest BCUT2D eigenvalue weighted by atomic mass is 79.9. The number of aromatic nitrogens is 2. The van der Waals surface area contributed by atoms with Crippen LogP contribution in [0, 0.1) is 0 Å². The molecule has 23 heavy (non-hydrogen) atoms. The van der Waals surface area contributed by atoms with Crippen molar-refractivity contribution in [3.05, 3.63) is 40.6 Å². The van der Waals surface area contributed by atoms with Gasteiger partial charge in [0.05, 0.1) is 37.8 Å². The Morgan fingerprint density at radius 3 is 2.61 bits per heavy atom. The second kappa shape index (κ2) is 7.14. The Kier molecular flexibility index (Phi) is 4.97. The second-order valence-corrected chi connectivity index (χ2v) is 6.45. The molecule has 2 aromatic rings. The molecule has 0 atom stereocenters. The van der Waals surface area contributed by atoms with Crippen LogP contribution in [0.25, 0.3) is 0 Å². The van der Waals surface area contributed by atoms with E-state index >= 15 is 0 Å². The average Bonchev–Trinajstić information content (AvgIpc) is 2.59. The summed E-state index contributed by atoms with van der Waals surface area (Å²) < 4.78 is 5.89. The summed E-state index contributed by atoms with van der Waals surface area (Å²) in [5.74, 6) is 1.46. The molecule has 7 heteroatoms. The van der Waals surface area contributed by atoms with E-state index < -0.39 is 0 Å². The van der Waals surface area contributed by atoms with E-state index in [1.54, 1.807) is 19.5 Å². The van der Waals surface area contributed by atoms with Crippen LogP contribution < -0.4 is 14.5 Å². The Balaban J connectivity index is 1.62. The molecule has 1 saturated heterocycles. The zero-order valence-electron chi connectivity index (χ0n) is 13.0. The number of nitrogens with one attached hydrogen (secondary N) is 1. The third kappa shape index (κ3) is 3.73. The lowest BCUT2D eigenvalue weighted by molar-refractivity contribution is -0.914. The molecule has 122 valence electrons. The lowest BCUT2D eigenvalue weighted by Crippen LogP contribution is -3.13. The third-order valence-corrected chi connectivity index (χ3v) is 4.67. The van der Waals surface area contributed by atoms with Gasteiger partial charge in [-0.25, -0.2) is 9.97 Å². The maximum Gasteiger partial charge on any atom is 0.225 e. The summed E-state index contributed by atoms with van der Waals surface area (Å²) in [6.07, 6.45) is 3.56. The molecule has 0 saturated carbocycles. The van der Waals surface area contributed by atoms with Crippen LogP contribution in [-0.4, -0.2) is 48.4 Å². The number of halogens is 1. The fourth-order valence-electron chi connectivity index (χ4n) is 2.83. The molecular weight excluding hydrogens is 360 g/mol. The van der Waals surface area contributed by atoms with Gasteiger partial charge in [0, 0.05) is 18.0 Å². The van der Waals surface area contributed by atoms with Gasteiger partial charge in [0.1, 0.15) is 6.54 Å². The van der Waals surface area contributed by atoms with Crippen molar-refractivity contribution in [1.29, 1.82) is 0 Å². The Morgan fingerprint density at radius 2 is 1.96 bits per heavy atom. The molecule has 1 aromatic heterocycles. The molecule has 0 bridgehead atoms. The van der Waals surface area contributed by atoms with Crippen molar-refractivity contribution in [3.63, 3.8) is 0 Å². The topological polar surface area (TPSA) is 62.9 Å². The number of hydrogen-bond donors (Lipinski definition) is 2. The van der Waals surface area contributed by atoms with E-state index in [1.165, 1.54) is 4.90 Å². The van der Waals surface area contributed by atoms with E-state index in [9.17, 15) is 5.11 Å². The van der Waals surface area contributed by atoms with E-state index in [4.69, 9.17) is 4.74 Å². The summed E-state index contributed by atoms with van der Waals surface area (Å²) in [5.41, 5.74) is 1.14. The fourth-order valence-corrected chi connectivity index (χ4v) is 3.32. The first kappa shape index (κ1) is 16.0. The van der Waals surface area contributed by atoms with Gasteiger partial charge < -0.3 is 19.6 Å². The molecule has 0 amide bonds. The van der Waals surface area contributed by atoms with Crippen molar-refractivity contribution in [1.82, 2.24) is 9.97 Å². The molecule has 1 aliphatic rings. The molecule has 1 fully saturated rings. The highest BCUT2D eigenvalue weighted by molar-refractivity contribution is 9.10. The highest BCUT2D eigenvalue weighted by Gasteiger charge is 2.22. The maximum absolute atomic E-state index is 9.89. The van der Waals surface area contributed by atoms with Gasteiger partial charge in [-0.3, -0.25) is 0 Å². The summed E-state index contributed by atoms with van der Waals surface area (Å²) in [5, 5.41) is 9.89. The van der Waals surface area contributed by atoms with Crippen molar-refractivity contribution in [3.8, 4) is 11.5 Å². The minimum absolute atomic E-state index is 0.150. The van der Waals surface area contributed by atoms with Gasteiger partial charge in [-0.05, 0) is 34.1 Å². The summed E-state index contributed by atoms with van der Waals surface area (Å²) in [6, 6.07) is 5.69. The van der Waals surface area contributed by atoms with E-state index in [0.29, 0.717) is 10.2 Å². The highest BCUT2D eigenvalue weighted by Crippen LogP contribution is 2.34. The van der Waals surface area contributed by atoms with Crippen LogP contribution in [-0.2, 0) is 6.54 Å². The number of anilines is 1. The molecule has 3 rings (SSSR count). The van der Waals surface area contributed by atoms with Gasteiger partial charge >= 0.3 is 0 Å². The summed E-state index contributed by atoms with van der Waals surface area (Å²) in [6.45, 7) is 4.84. The largest absolute Gasteiger partial charge is 0.503 e. The molecule has 0 spiro atoms. The van der Waals surface area contributed by atoms with Gasteiger partial charge in [0.2, 0.25) is 5.95 Å². The van der Waals surface area contributed by atoms with Crippen molar-refractivity contribution >= 4 is 21.9 Å². The monoisotopic (exact) mass is 379 g/mol. The standard InChI is InChI=1S/C16H19BrN4O2/c1-23-14-10-12(9-13(17)15(14)22)11-20-5-7-21(8-6-20)16-18-3-2-4-19-16/h2-4,9-10,22H,5-8,11H2,1H3/p+1. The van der Waals surface area contributed by atoms with Crippen LogP contribution >= 0.6 is 15.9 Å². The SMILES string of the molecule is COc1cc(C[NH+]2CCN(c3ncccn3)CC2)cc(Br)c1O. The molecule has 1 aliphatic heterocycles. The summed E-state index contributed by atoms with van der Waals surface area (Å²) in [7, 11) is 1.57. The van der Waals surface area contributed by atoms with Crippen LogP contribution in [0.3, 0.4) is 0 Å². The maximum atomic E-state index is 9.89. The van der Waals surface area contributed by atoms with Gasteiger partial charge in [-0.15, -0.1) is 0 Å². The number of piperazine rings is 1. The quantitative estimate of drug-likeness (QED) is 0.824. The molecule has 0 unspecified atom stereocenters. The van der Waals surface area contributed by atoms with Crippen LogP contribution in [0.5, 0.6) is 11.5 Å². The van der Waals surface area contributed by atoms with Gasteiger partial charge in [0.25, 0.3) is 0 Å². The fraction of sp³-hybridized carbons (Fsp3) is 0.375. The molecule has 6 nitrogen and oxygen atoms in total. The first-order valence-electron chi connectivity index (χ1n) is 7.58. The second-order valence-electron chi connectivity index (χ2n) is 5.59. The Labute approximate surface area is 143 Å². The minimum Gasteiger partial charge on any atom is -0.503 e. The number of quaternary nitrogens is 1. The first-order valence-corrected chi connectivity index (χ1v) is 8.37. The molecule has 0 aliphatic carbocycles. The zero-order valence-corrected chi connectivity index (χ0v) is 14.6. The number of rotatable bonds is 4. The van der Waals surface area contributed by atoms with E-state index in [2.05, 4.69) is 30.8 Å². The van der Waals surface area contributed by atoms with Crippen molar-refractivity contribution in [2.75, 3.05) is 38.2 Å². The minimum atomic E-state index is 0.150. The van der Waals surface area contributed by atoms with E-state index in [-0.39, 0.29) is 5.75 Å². The number of hydrogen-bond acceptors (Lipinski definition) is 5. The average molecular weight is 380 g/mol. The number of phenols is 1. The summed E-state index contributed by atoms with van der Waals surface area (Å²) in [4.78, 5) is 12.3.